The zero-order chi connectivity index (χ0) is 16.9. The summed E-state index contributed by atoms with van der Waals surface area (Å²) in [5, 5.41) is 16.9. The van der Waals surface area contributed by atoms with E-state index in [0.29, 0.717) is 12.4 Å². The molecule has 0 bridgehead atoms. The van der Waals surface area contributed by atoms with Gasteiger partial charge in [-0.2, -0.15) is 5.21 Å². The van der Waals surface area contributed by atoms with E-state index in [1.54, 1.807) is 4.90 Å². The summed E-state index contributed by atoms with van der Waals surface area (Å²) in [5.41, 5.74) is 0.732. The Morgan fingerprint density at radius 2 is 2.25 bits per heavy atom. The van der Waals surface area contributed by atoms with Crippen molar-refractivity contribution in [3.8, 4) is 5.75 Å². The molecule has 1 aliphatic heterocycles. The number of likely N-dealkylation sites (tertiary alicyclic amines) is 1. The number of nitrogens with zero attached hydrogens (tertiary/aromatic N) is 4. The van der Waals surface area contributed by atoms with Crippen molar-refractivity contribution >= 4 is 11.7 Å². The highest BCUT2D eigenvalue weighted by Crippen LogP contribution is 2.30. The Balaban J connectivity index is 1.62. The fourth-order valence-electron chi connectivity index (χ4n) is 2.72. The molecule has 2 atom stereocenters. The molecule has 2 N–H and O–H groups in total. The number of anilines is 1. The second-order valence-electron chi connectivity index (χ2n) is 5.91. The number of amides is 2. The van der Waals surface area contributed by atoms with Gasteiger partial charge < -0.3 is 15.0 Å². The number of ether oxygens (including phenoxy) is 1. The molecule has 0 aliphatic carbocycles. The molecule has 0 radical (unpaired) electrons. The maximum Gasteiger partial charge on any atom is 0.322 e. The molecule has 1 fully saturated rings. The van der Waals surface area contributed by atoms with Gasteiger partial charge in [0.1, 0.15) is 5.75 Å². The van der Waals surface area contributed by atoms with E-state index in [1.165, 1.54) is 0 Å². The average Bonchev–Trinajstić information content (AvgIpc) is 3.27. The number of nitrogens with one attached hydrogen (secondary N) is 2. The molecule has 8 heteroatoms. The molecule has 24 heavy (non-hydrogen) atoms. The fourth-order valence-corrected chi connectivity index (χ4v) is 2.72. The largest absolute Gasteiger partial charge is 0.491 e. The zero-order valence-corrected chi connectivity index (χ0v) is 13.9. The van der Waals surface area contributed by atoms with Crippen LogP contribution in [0.5, 0.6) is 5.75 Å². The molecular formula is C16H22N6O2. The first-order chi connectivity index (χ1) is 11.7. The van der Waals surface area contributed by atoms with Crippen LogP contribution in [-0.2, 0) is 0 Å². The van der Waals surface area contributed by atoms with Crippen LogP contribution in [0.4, 0.5) is 10.5 Å². The fraction of sp³-hybridized carbons (Fsp3) is 0.500. The molecule has 1 aromatic carbocycles. The van der Waals surface area contributed by atoms with E-state index in [-0.39, 0.29) is 18.2 Å². The summed E-state index contributed by atoms with van der Waals surface area (Å²) >= 11 is 0. The molecule has 1 saturated heterocycles. The van der Waals surface area contributed by atoms with E-state index in [0.717, 1.165) is 30.7 Å². The lowest BCUT2D eigenvalue weighted by molar-refractivity contribution is 0.205. The van der Waals surface area contributed by atoms with Gasteiger partial charge in [0.05, 0.1) is 12.1 Å². The van der Waals surface area contributed by atoms with Crippen molar-refractivity contribution in [2.45, 2.75) is 45.3 Å². The number of hydrogen-bond acceptors (Lipinski definition) is 5. The number of aromatic amines is 1. The summed E-state index contributed by atoms with van der Waals surface area (Å²) in [4.78, 5) is 14.3. The third kappa shape index (κ3) is 3.64. The normalized spacial score (nSPS) is 18.4. The van der Waals surface area contributed by atoms with Gasteiger partial charge in [0.25, 0.3) is 0 Å². The number of hydrogen-bond donors (Lipinski definition) is 2. The molecule has 2 unspecified atom stereocenters. The molecular weight excluding hydrogens is 308 g/mol. The Hall–Kier alpha value is -2.64. The first-order valence-corrected chi connectivity index (χ1v) is 8.25. The third-order valence-corrected chi connectivity index (χ3v) is 4.19. The predicted octanol–water partition coefficient (Wildman–Crippen LogP) is 2.75. The highest BCUT2D eigenvalue weighted by atomic mass is 16.5. The molecule has 1 aromatic heterocycles. The number of H-pyrrole nitrogens is 1. The Morgan fingerprint density at radius 1 is 1.46 bits per heavy atom. The molecule has 2 aromatic rings. The van der Waals surface area contributed by atoms with Crippen molar-refractivity contribution in [3.63, 3.8) is 0 Å². The van der Waals surface area contributed by atoms with Crippen LogP contribution in [-0.4, -0.2) is 44.2 Å². The Bertz CT molecular complexity index is 658. The van der Waals surface area contributed by atoms with E-state index in [9.17, 15) is 4.79 Å². The standard InChI is InChI=1S/C16H22N6O2/c1-3-11(2)24-13-8-6-12(7-9-13)17-16(23)22-10-4-5-14(22)15-18-20-21-19-15/h6-9,11,14H,3-5,10H2,1-2H3,(H,17,23)(H,18,19,20,21). The predicted molar refractivity (Wildman–Crippen MR) is 88.7 cm³/mol. The molecule has 128 valence electrons. The van der Waals surface area contributed by atoms with Gasteiger partial charge in [-0.25, -0.2) is 4.79 Å². The van der Waals surface area contributed by atoms with E-state index in [4.69, 9.17) is 4.74 Å². The number of rotatable bonds is 5. The summed E-state index contributed by atoms with van der Waals surface area (Å²) in [7, 11) is 0. The van der Waals surface area contributed by atoms with Crippen molar-refractivity contribution in [2.24, 2.45) is 0 Å². The Kier molecular flexibility index (Phi) is 4.93. The highest BCUT2D eigenvalue weighted by molar-refractivity contribution is 5.89. The third-order valence-electron chi connectivity index (χ3n) is 4.19. The van der Waals surface area contributed by atoms with Crippen molar-refractivity contribution in [3.05, 3.63) is 30.1 Å². The second kappa shape index (κ2) is 7.29. The van der Waals surface area contributed by atoms with Gasteiger partial charge in [0, 0.05) is 12.2 Å². The summed E-state index contributed by atoms with van der Waals surface area (Å²) < 4.78 is 5.74. The molecule has 0 spiro atoms. The highest BCUT2D eigenvalue weighted by Gasteiger charge is 2.32. The number of carbonyl (C=O) groups is 1. The van der Waals surface area contributed by atoms with Gasteiger partial charge in [0.2, 0.25) is 0 Å². The number of aromatic nitrogens is 4. The first-order valence-electron chi connectivity index (χ1n) is 8.25. The lowest BCUT2D eigenvalue weighted by Crippen LogP contribution is -2.34. The van der Waals surface area contributed by atoms with Gasteiger partial charge in [0.15, 0.2) is 5.82 Å². The molecule has 3 rings (SSSR count). The summed E-state index contributed by atoms with van der Waals surface area (Å²) in [6.07, 6.45) is 2.89. The van der Waals surface area contributed by atoms with Crippen molar-refractivity contribution < 1.29 is 9.53 Å². The van der Waals surface area contributed by atoms with E-state index < -0.39 is 0 Å². The van der Waals surface area contributed by atoms with Crippen molar-refractivity contribution in [1.29, 1.82) is 0 Å². The number of carbonyl (C=O) groups excluding carboxylic acids is 1. The number of tetrazole rings is 1. The topological polar surface area (TPSA) is 96.0 Å². The van der Waals surface area contributed by atoms with Crippen LogP contribution in [0.2, 0.25) is 0 Å². The molecule has 2 heterocycles. The Morgan fingerprint density at radius 3 is 2.92 bits per heavy atom. The SMILES string of the molecule is CCC(C)Oc1ccc(NC(=O)N2CCCC2c2nn[nH]n2)cc1. The minimum absolute atomic E-state index is 0.128. The Labute approximate surface area is 140 Å². The molecule has 1 aliphatic rings. The monoisotopic (exact) mass is 330 g/mol. The lowest BCUT2D eigenvalue weighted by atomic mass is 10.2. The van der Waals surface area contributed by atoms with Crippen molar-refractivity contribution in [1.82, 2.24) is 25.5 Å². The van der Waals surface area contributed by atoms with Crippen LogP contribution >= 0.6 is 0 Å². The van der Waals surface area contributed by atoms with E-state index in [1.807, 2.05) is 31.2 Å². The van der Waals surface area contributed by atoms with Gasteiger partial charge in [-0.1, -0.05) is 12.1 Å². The zero-order valence-electron chi connectivity index (χ0n) is 13.9. The first kappa shape index (κ1) is 16.2. The van der Waals surface area contributed by atoms with Gasteiger partial charge in [-0.15, -0.1) is 10.2 Å². The van der Waals surface area contributed by atoms with E-state index in [2.05, 4.69) is 32.9 Å². The second-order valence-corrected chi connectivity index (χ2v) is 5.91. The summed E-state index contributed by atoms with van der Waals surface area (Å²) in [6, 6.07) is 7.13. The van der Waals surface area contributed by atoms with Crippen LogP contribution in [0, 0.1) is 0 Å². The number of urea groups is 1. The maximum absolute atomic E-state index is 12.5. The van der Waals surface area contributed by atoms with Crippen LogP contribution in [0.15, 0.2) is 24.3 Å². The van der Waals surface area contributed by atoms with Crippen LogP contribution < -0.4 is 10.1 Å². The summed E-state index contributed by atoms with van der Waals surface area (Å²) in [6.45, 7) is 4.79. The number of benzene rings is 1. The van der Waals surface area contributed by atoms with Crippen LogP contribution in [0.25, 0.3) is 0 Å². The van der Waals surface area contributed by atoms with Crippen LogP contribution in [0.1, 0.15) is 45.0 Å². The average molecular weight is 330 g/mol. The van der Waals surface area contributed by atoms with Gasteiger partial charge in [-0.05, 0) is 50.5 Å². The minimum atomic E-state index is -0.155. The van der Waals surface area contributed by atoms with Gasteiger partial charge in [-0.3, -0.25) is 0 Å². The minimum Gasteiger partial charge on any atom is -0.491 e. The molecule has 2 amide bonds. The van der Waals surface area contributed by atoms with Crippen molar-refractivity contribution in [2.75, 3.05) is 11.9 Å². The molecule has 0 saturated carbocycles. The lowest BCUT2D eigenvalue weighted by Gasteiger charge is -2.22. The quantitative estimate of drug-likeness (QED) is 0.879. The van der Waals surface area contributed by atoms with E-state index >= 15 is 0 Å². The van der Waals surface area contributed by atoms with Crippen LogP contribution in [0.3, 0.4) is 0 Å². The smallest absolute Gasteiger partial charge is 0.322 e. The summed E-state index contributed by atoms with van der Waals surface area (Å²) in [5.74, 6) is 1.35. The maximum atomic E-state index is 12.5. The van der Waals surface area contributed by atoms with Gasteiger partial charge >= 0.3 is 6.03 Å². The molecule has 8 nitrogen and oxygen atoms in total.